The normalized spacial score (nSPS) is 10.4. The lowest BCUT2D eigenvalue weighted by molar-refractivity contribution is -0.127. The molecule has 0 saturated heterocycles. The number of methoxy groups -OCH3 is 1. The molecule has 0 bridgehead atoms. The fraction of sp³-hybridized carbons (Fsp3) is 0.400. The van der Waals surface area contributed by atoms with E-state index in [4.69, 9.17) is 4.74 Å². The van der Waals surface area contributed by atoms with Crippen molar-refractivity contribution in [2.45, 2.75) is 18.2 Å². The molecule has 1 N–H and O–H groups in total. The molecule has 1 heterocycles. The van der Waals surface area contributed by atoms with E-state index in [9.17, 15) is 4.79 Å². The number of nitrogens with one attached hydrogen (secondary N) is 1. The van der Waals surface area contributed by atoms with Crippen LogP contribution in [0.3, 0.4) is 0 Å². The van der Waals surface area contributed by atoms with Crippen LogP contribution < -0.4 is 10.1 Å². The zero-order valence-electron chi connectivity index (χ0n) is 13.4. The third-order valence-electron chi connectivity index (χ3n) is 3.18. The van der Waals surface area contributed by atoms with Gasteiger partial charge in [-0.15, -0.1) is 10.2 Å². The predicted octanol–water partition coefficient (Wildman–Crippen LogP) is 3.25. The second-order valence-corrected chi connectivity index (χ2v) is 6.78. The van der Waals surface area contributed by atoms with Crippen molar-refractivity contribution in [1.82, 2.24) is 15.1 Å². The molecule has 0 atom stereocenters. The van der Waals surface area contributed by atoms with Crippen LogP contribution in [0.4, 0.5) is 10.8 Å². The van der Waals surface area contributed by atoms with E-state index in [1.54, 1.807) is 7.11 Å². The van der Waals surface area contributed by atoms with E-state index in [2.05, 4.69) is 15.5 Å². The minimum Gasteiger partial charge on any atom is -0.497 e. The van der Waals surface area contributed by atoms with Crippen molar-refractivity contribution in [2.75, 3.05) is 31.3 Å². The lowest BCUT2D eigenvalue weighted by atomic mass is 10.3. The molecular formula is C15H20N4O2S2. The van der Waals surface area contributed by atoms with Crippen molar-refractivity contribution < 1.29 is 9.53 Å². The van der Waals surface area contributed by atoms with Crippen LogP contribution in [-0.4, -0.2) is 47.0 Å². The summed E-state index contributed by atoms with van der Waals surface area (Å²) >= 11 is 2.85. The molecule has 6 nitrogen and oxygen atoms in total. The number of aromatic nitrogens is 2. The standard InChI is InChI=1S/C15H20N4O2S2/c1-4-19(5-2)13(20)10-22-15-18-17-14(23-15)16-11-6-8-12(21-3)9-7-11/h6-9H,4-5,10H2,1-3H3,(H,16,17). The zero-order valence-corrected chi connectivity index (χ0v) is 15.0. The zero-order chi connectivity index (χ0) is 16.7. The molecular weight excluding hydrogens is 332 g/mol. The van der Waals surface area contributed by atoms with Crippen molar-refractivity contribution in [3.63, 3.8) is 0 Å². The molecule has 1 amide bonds. The van der Waals surface area contributed by atoms with Crippen LogP contribution in [0.1, 0.15) is 13.8 Å². The number of ether oxygens (including phenoxy) is 1. The van der Waals surface area contributed by atoms with Crippen molar-refractivity contribution in [1.29, 1.82) is 0 Å². The van der Waals surface area contributed by atoms with Gasteiger partial charge in [0.05, 0.1) is 12.9 Å². The third kappa shape index (κ3) is 5.11. The van der Waals surface area contributed by atoms with Gasteiger partial charge in [-0.2, -0.15) is 0 Å². The summed E-state index contributed by atoms with van der Waals surface area (Å²) in [5, 5.41) is 12.1. The Kier molecular flexibility index (Phi) is 6.66. The highest BCUT2D eigenvalue weighted by Gasteiger charge is 2.12. The predicted molar refractivity (Wildman–Crippen MR) is 94.8 cm³/mol. The molecule has 8 heteroatoms. The molecule has 2 aromatic rings. The highest BCUT2D eigenvalue weighted by atomic mass is 32.2. The molecule has 2 rings (SSSR count). The molecule has 0 saturated carbocycles. The lowest BCUT2D eigenvalue weighted by Crippen LogP contribution is -2.31. The fourth-order valence-corrected chi connectivity index (χ4v) is 3.58. The maximum atomic E-state index is 12.0. The van der Waals surface area contributed by atoms with E-state index >= 15 is 0 Å². The smallest absolute Gasteiger partial charge is 0.233 e. The monoisotopic (exact) mass is 352 g/mol. The van der Waals surface area contributed by atoms with Crippen molar-refractivity contribution in [2.24, 2.45) is 0 Å². The highest BCUT2D eigenvalue weighted by molar-refractivity contribution is 8.01. The Morgan fingerprint density at radius 2 is 1.96 bits per heavy atom. The van der Waals surface area contributed by atoms with Gasteiger partial charge in [0.15, 0.2) is 4.34 Å². The SMILES string of the molecule is CCN(CC)C(=O)CSc1nnc(Nc2ccc(OC)cc2)s1. The number of hydrogen-bond donors (Lipinski definition) is 1. The summed E-state index contributed by atoms with van der Waals surface area (Å²) in [4.78, 5) is 13.8. The van der Waals surface area contributed by atoms with Gasteiger partial charge in [-0.05, 0) is 38.1 Å². The number of benzene rings is 1. The Morgan fingerprint density at radius 3 is 2.57 bits per heavy atom. The van der Waals surface area contributed by atoms with Crippen LogP contribution in [0.5, 0.6) is 5.75 Å². The summed E-state index contributed by atoms with van der Waals surface area (Å²) < 4.78 is 5.90. The second kappa shape index (κ2) is 8.73. The van der Waals surface area contributed by atoms with Crippen LogP contribution in [0.2, 0.25) is 0 Å². The minimum absolute atomic E-state index is 0.125. The van der Waals surface area contributed by atoms with Crippen molar-refractivity contribution in [3.05, 3.63) is 24.3 Å². The lowest BCUT2D eigenvalue weighted by Gasteiger charge is -2.17. The summed E-state index contributed by atoms with van der Waals surface area (Å²) in [6.07, 6.45) is 0. The first-order valence-corrected chi connectivity index (χ1v) is 9.11. The molecule has 23 heavy (non-hydrogen) atoms. The number of carbonyl (C=O) groups excluding carboxylic acids is 1. The number of amides is 1. The molecule has 0 radical (unpaired) electrons. The van der Waals surface area contributed by atoms with Gasteiger partial charge in [-0.3, -0.25) is 4.79 Å². The van der Waals surface area contributed by atoms with Crippen LogP contribution in [-0.2, 0) is 4.79 Å². The molecule has 1 aromatic heterocycles. The average Bonchev–Trinajstić information content (AvgIpc) is 3.02. The molecule has 0 aliphatic rings. The number of anilines is 2. The van der Waals surface area contributed by atoms with Gasteiger partial charge in [-0.25, -0.2) is 0 Å². The van der Waals surface area contributed by atoms with Crippen molar-refractivity contribution >= 4 is 39.8 Å². The molecule has 0 aliphatic heterocycles. The van der Waals surface area contributed by atoms with Gasteiger partial charge in [0.1, 0.15) is 5.75 Å². The van der Waals surface area contributed by atoms with Gasteiger partial charge >= 0.3 is 0 Å². The Morgan fingerprint density at radius 1 is 1.26 bits per heavy atom. The average molecular weight is 352 g/mol. The Labute approximate surface area is 144 Å². The van der Waals surface area contributed by atoms with E-state index in [1.807, 2.05) is 43.0 Å². The molecule has 0 spiro atoms. The summed E-state index contributed by atoms with van der Waals surface area (Å²) in [5.41, 5.74) is 0.915. The Bertz CT molecular complexity index is 627. The Balaban J connectivity index is 1.88. The molecule has 0 fully saturated rings. The second-order valence-electron chi connectivity index (χ2n) is 4.58. The summed E-state index contributed by atoms with van der Waals surface area (Å²) in [6.45, 7) is 5.42. The first-order valence-electron chi connectivity index (χ1n) is 7.31. The largest absolute Gasteiger partial charge is 0.497 e. The molecule has 0 unspecified atom stereocenters. The van der Waals surface area contributed by atoms with E-state index in [0.29, 0.717) is 10.9 Å². The summed E-state index contributed by atoms with van der Waals surface area (Å²) in [7, 11) is 1.64. The van der Waals surface area contributed by atoms with Gasteiger partial charge in [-0.1, -0.05) is 23.1 Å². The number of hydrogen-bond acceptors (Lipinski definition) is 7. The van der Waals surface area contributed by atoms with Crippen LogP contribution in [0.25, 0.3) is 0 Å². The van der Waals surface area contributed by atoms with Gasteiger partial charge in [0.25, 0.3) is 0 Å². The molecule has 1 aromatic carbocycles. The number of thioether (sulfide) groups is 1. The highest BCUT2D eigenvalue weighted by Crippen LogP contribution is 2.28. The number of nitrogens with zero attached hydrogens (tertiary/aromatic N) is 3. The third-order valence-corrected chi connectivity index (χ3v) is 5.14. The van der Waals surface area contributed by atoms with Gasteiger partial charge < -0.3 is 15.0 Å². The Hall–Kier alpha value is -1.80. The van der Waals surface area contributed by atoms with Crippen LogP contribution in [0.15, 0.2) is 28.6 Å². The number of rotatable bonds is 8. The van der Waals surface area contributed by atoms with E-state index in [-0.39, 0.29) is 5.91 Å². The molecule has 0 aliphatic carbocycles. The maximum Gasteiger partial charge on any atom is 0.233 e. The van der Waals surface area contributed by atoms with Crippen LogP contribution >= 0.6 is 23.1 Å². The first kappa shape index (κ1) is 17.6. The van der Waals surface area contributed by atoms with E-state index < -0.39 is 0 Å². The van der Waals surface area contributed by atoms with Crippen molar-refractivity contribution in [3.8, 4) is 5.75 Å². The first-order chi connectivity index (χ1) is 11.2. The fourth-order valence-electron chi connectivity index (χ4n) is 1.91. The summed E-state index contributed by atoms with van der Waals surface area (Å²) in [6, 6.07) is 7.58. The maximum absolute atomic E-state index is 12.0. The quantitative estimate of drug-likeness (QED) is 0.736. The van der Waals surface area contributed by atoms with Crippen LogP contribution in [0, 0.1) is 0 Å². The topological polar surface area (TPSA) is 67.4 Å². The number of carbonyl (C=O) groups is 1. The van der Waals surface area contributed by atoms with Gasteiger partial charge in [0.2, 0.25) is 11.0 Å². The van der Waals surface area contributed by atoms with E-state index in [1.165, 1.54) is 23.1 Å². The van der Waals surface area contributed by atoms with Gasteiger partial charge in [0, 0.05) is 18.8 Å². The molecule has 124 valence electrons. The van der Waals surface area contributed by atoms with E-state index in [0.717, 1.165) is 28.9 Å². The summed E-state index contributed by atoms with van der Waals surface area (Å²) in [5.74, 6) is 1.32. The minimum atomic E-state index is 0.125.